The summed E-state index contributed by atoms with van der Waals surface area (Å²) in [5, 5.41) is 19.8. The van der Waals surface area contributed by atoms with Gasteiger partial charge >= 0.3 is 0 Å². The number of rotatable bonds is 14. The molecule has 2 nitrogen and oxygen atoms in total. The minimum atomic E-state index is -0.404. The molecule has 2 unspecified atom stereocenters. The van der Waals surface area contributed by atoms with Crippen molar-refractivity contribution >= 4 is 0 Å². The first-order valence-corrected chi connectivity index (χ1v) is 11.0. The summed E-state index contributed by atoms with van der Waals surface area (Å²) < 4.78 is 0. The summed E-state index contributed by atoms with van der Waals surface area (Å²) in [7, 11) is 0. The fraction of sp³-hybridized carbons (Fsp3) is 0.654. The molecule has 0 fully saturated rings. The van der Waals surface area contributed by atoms with Crippen LogP contribution < -0.4 is 0 Å². The first-order chi connectivity index (χ1) is 13.3. The summed E-state index contributed by atoms with van der Waals surface area (Å²) in [6.45, 7) is 16.2. The highest BCUT2D eigenvalue weighted by atomic mass is 16.3. The Hall–Kier alpha value is -1.34. The number of hydrogen-bond acceptors (Lipinski definition) is 2. The van der Waals surface area contributed by atoms with Crippen LogP contribution in [0.25, 0.3) is 0 Å². The smallest absolute Gasteiger partial charge is 0.0583 e. The molecule has 0 bridgehead atoms. The van der Waals surface area contributed by atoms with Gasteiger partial charge < -0.3 is 10.2 Å². The molecule has 0 heterocycles. The SMILES string of the molecule is C=C=C(CC(=C/C)/C(C)=C(\C)CC/C=C/C)C(CCCCC[C@@H](C)O)C(C)O. The van der Waals surface area contributed by atoms with Crippen molar-refractivity contribution in [2.75, 3.05) is 0 Å². The van der Waals surface area contributed by atoms with Gasteiger partial charge in [-0.1, -0.05) is 49.6 Å². The number of allylic oxidation sites excluding steroid dienone is 6. The summed E-state index contributed by atoms with van der Waals surface area (Å²) in [5.74, 6) is 0.0927. The standard InChI is InChI=1S/C26H44O2/c1-8-11-13-16-20(4)22(6)24(9-2)19-25(10-3)26(23(7)28)18-15-12-14-17-21(5)27/h8-9,11,21,23,26-28H,3,12-19H2,1-2,4-7H3/b11-8+,22-20+,24-9-/t21-,23?,26?/m1/s1. The van der Waals surface area contributed by atoms with Crippen molar-refractivity contribution in [1.29, 1.82) is 0 Å². The Bertz CT molecular complexity index is 569. The van der Waals surface area contributed by atoms with E-state index in [4.69, 9.17) is 0 Å². The zero-order valence-electron chi connectivity index (χ0n) is 19.2. The fourth-order valence-electron chi connectivity index (χ4n) is 3.60. The molecule has 0 spiro atoms. The van der Waals surface area contributed by atoms with Gasteiger partial charge in [-0.2, -0.15) is 0 Å². The van der Waals surface area contributed by atoms with Gasteiger partial charge in [0.05, 0.1) is 12.2 Å². The molecule has 0 aliphatic carbocycles. The predicted molar refractivity (Wildman–Crippen MR) is 123 cm³/mol. The number of unbranched alkanes of at least 4 members (excludes halogenated alkanes) is 2. The van der Waals surface area contributed by atoms with E-state index in [1.165, 1.54) is 16.7 Å². The van der Waals surface area contributed by atoms with Crippen LogP contribution in [0.1, 0.15) is 92.9 Å². The topological polar surface area (TPSA) is 40.5 Å². The molecule has 0 radical (unpaired) electrons. The summed E-state index contributed by atoms with van der Waals surface area (Å²) in [4.78, 5) is 0. The summed E-state index contributed by atoms with van der Waals surface area (Å²) in [6, 6.07) is 0. The van der Waals surface area contributed by atoms with Crippen LogP contribution >= 0.6 is 0 Å². The Balaban J connectivity index is 5.07. The maximum Gasteiger partial charge on any atom is 0.0583 e. The van der Waals surface area contributed by atoms with E-state index in [0.717, 1.165) is 56.9 Å². The molecule has 0 aliphatic rings. The zero-order chi connectivity index (χ0) is 21.5. The van der Waals surface area contributed by atoms with Crippen molar-refractivity contribution in [3.05, 3.63) is 52.8 Å². The molecule has 0 aromatic carbocycles. The Morgan fingerprint density at radius 1 is 1.04 bits per heavy atom. The average Bonchev–Trinajstić information content (AvgIpc) is 2.65. The molecular formula is C26H44O2. The maximum atomic E-state index is 10.4. The van der Waals surface area contributed by atoms with E-state index in [2.05, 4.69) is 58.2 Å². The lowest BCUT2D eigenvalue weighted by molar-refractivity contribution is 0.135. The molecule has 0 aromatic heterocycles. The highest BCUT2D eigenvalue weighted by Gasteiger charge is 2.21. The van der Waals surface area contributed by atoms with E-state index >= 15 is 0 Å². The molecule has 0 aromatic rings. The van der Waals surface area contributed by atoms with Crippen molar-refractivity contribution in [3.8, 4) is 0 Å². The van der Waals surface area contributed by atoms with Crippen LogP contribution in [0.4, 0.5) is 0 Å². The van der Waals surface area contributed by atoms with Crippen LogP contribution in [0.3, 0.4) is 0 Å². The van der Waals surface area contributed by atoms with E-state index in [1.807, 2.05) is 13.8 Å². The fourth-order valence-corrected chi connectivity index (χ4v) is 3.60. The summed E-state index contributed by atoms with van der Waals surface area (Å²) >= 11 is 0. The summed E-state index contributed by atoms with van der Waals surface area (Å²) in [6.07, 6.45) is 13.8. The zero-order valence-corrected chi connectivity index (χ0v) is 19.2. The van der Waals surface area contributed by atoms with E-state index in [1.54, 1.807) is 0 Å². The second-order valence-corrected chi connectivity index (χ2v) is 8.04. The Morgan fingerprint density at radius 3 is 2.18 bits per heavy atom. The Morgan fingerprint density at radius 2 is 1.68 bits per heavy atom. The molecule has 0 saturated carbocycles. The minimum Gasteiger partial charge on any atom is -0.393 e. The lowest BCUT2D eigenvalue weighted by atomic mass is 9.83. The van der Waals surface area contributed by atoms with Gasteiger partial charge in [-0.05, 0) is 83.9 Å². The average molecular weight is 389 g/mol. The van der Waals surface area contributed by atoms with Crippen molar-refractivity contribution in [2.24, 2.45) is 5.92 Å². The monoisotopic (exact) mass is 388 g/mol. The minimum absolute atomic E-state index is 0.0927. The van der Waals surface area contributed by atoms with Crippen molar-refractivity contribution in [3.63, 3.8) is 0 Å². The molecular weight excluding hydrogens is 344 g/mol. The molecule has 0 amide bonds. The van der Waals surface area contributed by atoms with Gasteiger partial charge in [0.2, 0.25) is 0 Å². The third-order valence-electron chi connectivity index (χ3n) is 5.67. The molecule has 28 heavy (non-hydrogen) atoms. The second kappa shape index (κ2) is 15.6. The lowest BCUT2D eigenvalue weighted by Gasteiger charge is -2.24. The van der Waals surface area contributed by atoms with E-state index < -0.39 is 6.10 Å². The second-order valence-electron chi connectivity index (χ2n) is 8.04. The first kappa shape index (κ1) is 26.7. The number of aliphatic hydroxyl groups is 2. The van der Waals surface area contributed by atoms with Crippen molar-refractivity contribution < 1.29 is 10.2 Å². The van der Waals surface area contributed by atoms with Crippen LogP contribution in [0.5, 0.6) is 0 Å². The largest absolute Gasteiger partial charge is 0.393 e. The van der Waals surface area contributed by atoms with Gasteiger partial charge in [-0.3, -0.25) is 0 Å². The maximum absolute atomic E-state index is 10.4. The normalized spacial score (nSPS) is 16.5. The van der Waals surface area contributed by atoms with Crippen LogP contribution in [0, 0.1) is 5.92 Å². The van der Waals surface area contributed by atoms with Gasteiger partial charge in [0.25, 0.3) is 0 Å². The van der Waals surface area contributed by atoms with Crippen molar-refractivity contribution in [2.45, 2.75) is 105 Å². The third-order valence-corrected chi connectivity index (χ3v) is 5.67. The molecule has 2 heteroatoms. The molecule has 0 saturated heterocycles. The highest BCUT2D eigenvalue weighted by molar-refractivity contribution is 5.36. The third kappa shape index (κ3) is 10.9. The van der Waals surface area contributed by atoms with Crippen LogP contribution in [-0.4, -0.2) is 22.4 Å². The van der Waals surface area contributed by atoms with Gasteiger partial charge in [0.1, 0.15) is 0 Å². The van der Waals surface area contributed by atoms with Crippen LogP contribution in [0.15, 0.2) is 52.8 Å². The highest BCUT2D eigenvalue weighted by Crippen LogP contribution is 2.31. The van der Waals surface area contributed by atoms with E-state index in [0.29, 0.717) is 0 Å². The van der Waals surface area contributed by atoms with Gasteiger partial charge in [0.15, 0.2) is 0 Å². The molecule has 3 atom stereocenters. The number of aliphatic hydroxyl groups excluding tert-OH is 2. The quantitative estimate of drug-likeness (QED) is 0.145. The van der Waals surface area contributed by atoms with Gasteiger partial charge in [0, 0.05) is 12.3 Å². The molecule has 2 N–H and O–H groups in total. The Kier molecular flexibility index (Phi) is 14.8. The molecule has 160 valence electrons. The van der Waals surface area contributed by atoms with Crippen LogP contribution in [-0.2, 0) is 0 Å². The number of hydrogen-bond donors (Lipinski definition) is 2. The van der Waals surface area contributed by atoms with E-state index in [9.17, 15) is 10.2 Å². The Labute approximate surface area is 174 Å². The van der Waals surface area contributed by atoms with E-state index in [-0.39, 0.29) is 12.0 Å². The van der Waals surface area contributed by atoms with Crippen LogP contribution in [0.2, 0.25) is 0 Å². The molecule has 0 aliphatic heterocycles. The van der Waals surface area contributed by atoms with Gasteiger partial charge in [-0.15, -0.1) is 5.73 Å². The lowest BCUT2D eigenvalue weighted by Crippen LogP contribution is -2.19. The molecule has 0 rings (SSSR count). The first-order valence-electron chi connectivity index (χ1n) is 11.0. The van der Waals surface area contributed by atoms with Crippen molar-refractivity contribution in [1.82, 2.24) is 0 Å². The predicted octanol–water partition coefficient (Wildman–Crippen LogP) is 7.06. The summed E-state index contributed by atoms with van der Waals surface area (Å²) in [5.41, 5.74) is 8.33. The van der Waals surface area contributed by atoms with Gasteiger partial charge in [-0.25, -0.2) is 0 Å².